The smallest absolute Gasteiger partial charge is 0.323 e. The maximum absolute atomic E-state index is 13.5. The van der Waals surface area contributed by atoms with Crippen molar-refractivity contribution in [1.29, 1.82) is 0 Å². The van der Waals surface area contributed by atoms with Gasteiger partial charge in [0.15, 0.2) is 0 Å². The van der Waals surface area contributed by atoms with Crippen LogP contribution in [0.3, 0.4) is 0 Å². The van der Waals surface area contributed by atoms with Gasteiger partial charge in [-0.3, -0.25) is 19.7 Å². The number of rotatable bonds is 9. The van der Waals surface area contributed by atoms with Crippen LogP contribution >= 0.6 is 11.8 Å². The third kappa shape index (κ3) is 5.87. The molecule has 3 aromatic carbocycles. The zero-order valence-electron chi connectivity index (χ0n) is 21.1. The second kappa shape index (κ2) is 11.6. The van der Waals surface area contributed by atoms with E-state index in [1.54, 1.807) is 11.8 Å². The zero-order chi connectivity index (χ0) is 26.6. The standard InChI is InChI=1S/C30H32N2O5S/c33-28(34)17-32-16-27(24-11-5-9-20-6-3-4-10-23(20)24)38-18-26(29(32)35)31-25(30(36)37)13-12-19-14-21-7-1-2-8-22(21)15-19/h1-11,19,25-27,31H,12-18H2,(H,33,34)(H,36,37). The minimum Gasteiger partial charge on any atom is -0.480 e. The summed E-state index contributed by atoms with van der Waals surface area (Å²) in [5.74, 6) is -1.69. The van der Waals surface area contributed by atoms with E-state index in [9.17, 15) is 24.6 Å². The van der Waals surface area contributed by atoms with Crippen molar-refractivity contribution in [3.05, 3.63) is 83.4 Å². The van der Waals surface area contributed by atoms with E-state index in [4.69, 9.17) is 0 Å². The molecular weight excluding hydrogens is 500 g/mol. The molecule has 3 atom stereocenters. The number of aliphatic carboxylic acids is 2. The maximum atomic E-state index is 13.5. The number of fused-ring (bicyclic) bond motifs is 2. The van der Waals surface area contributed by atoms with Crippen LogP contribution in [0.1, 0.15) is 34.8 Å². The summed E-state index contributed by atoms with van der Waals surface area (Å²) in [7, 11) is 0. The van der Waals surface area contributed by atoms with Gasteiger partial charge in [0.25, 0.3) is 0 Å². The highest BCUT2D eigenvalue weighted by Crippen LogP contribution is 2.37. The SMILES string of the molecule is O=C(O)CN1CC(c2cccc3ccccc23)SCC(NC(CCC2Cc3ccccc3C2)C(=O)O)C1=O. The van der Waals surface area contributed by atoms with E-state index >= 15 is 0 Å². The van der Waals surface area contributed by atoms with E-state index in [-0.39, 0.29) is 17.7 Å². The molecule has 3 N–H and O–H groups in total. The first-order valence-electron chi connectivity index (χ1n) is 13.0. The number of carbonyl (C=O) groups is 3. The van der Waals surface area contributed by atoms with E-state index < -0.39 is 30.6 Å². The molecule has 1 aliphatic carbocycles. The highest BCUT2D eigenvalue weighted by Gasteiger charge is 2.36. The number of amides is 1. The molecule has 1 aliphatic heterocycles. The fourth-order valence-electron chi connectivity index (χ4n) is 5.77. The summed E-state index contributed by atoms with van der Waals surface area (Å²) >= 11 is 1.57. The third-order valence-corrected chi connectivity index (χ3v) is 8.99. The van der Waals surface area contributed by atoms with Crippen LogP contribution in [0.2, 0.25) is 0 Å². The van der Waals surface area contributed by atoms with Gasteiger partial charge in [0.05, 0.1) is 6.04 Å². The molecule has 1 fully saturated rings. The summed E-state index contributed by atoms with van der Waals surface area (Å²) in [6.07, 6.45) is 3.04. The van der Waals surface area contributed by atoms with Gasteiger partial charge >= 0.3 is 11.9 Å². The molecule has 5 rings (SSSR count). The molecule has 1 saturated heterocycles. The Labute approximate surface area is 226 Å². The summed E-state index contributed by atoms with van der Waals surface area (Å²) in [5, 5.41) is 24.6. The number of nitrogens with one attached hydrogen (secondary N) is 1. The lowest BCUT2D eigenvalue weighted by molar-refractivity contribution is -0.146. The van der Waals surface area contributed by atoms with Crippen molar-refractivity contribution < 1.29 is 24.6 Å². The van der Waals surface area contributed by atoms with E-state index in [0.29, 0.717) is 18.1 Å². The van der Waals surface area contributed by atoms with Crippen molar-refractivity contribution in [1.82, 2.24) is 10.2 Å². The molecule has 0 bridgehead atoms. The topological polar surface area (TPSA) is 107 Å². The minimum atomic E-state index is -1.09. The van der Waals surface area contributed by atoms with Crippen LogP contribution in [0.15, 0.2) is 66.7 Å². The van der Waals surface area contributed by atoms with Crippen molar-refractivity contribution in [3.8, 4) is 0 Å². The van der Waals surface area contributed by atoms with Gasteiger partial charge in [0, 0.05) is 17.5 Å². The van der Waals surface area contributed by atoms with Crippen LogP contribution < -0.4 is 5.32 Å². The Morgan fingerprint density at radius 1 is 0.974 bits per heavy atom. The number of benzene rings is 3. The lowest BCUT2D eigenvalue weighted by Gasteiger charge is -2.26. The van der Waals surface area contributed by atoms with Gasteiger partial charge in [-0.1, -0.05) is 66.7 Å². The van der Waals surface area contributed by atoms with E-state index in [1.165, 1.54) is 16.0 Å². The van der Waals surface area contributed by atoms with Crippen molar-refractivity contribution >= 4 is 40.4 Å². The lowest BCUT2D eigenvalue weighted by atomic mass is 9.96. The van der Waals surface area contributed by atoms with Crippen LogP contribution in [0.5, 0.6) is 0 Å². The lowest BCUT2D eigenvalue weighted by Crippen LogP contribution is -2.53. The number of thioether (sulfide) groups is 1. The van der Waals surface area contributed by atoms with Crippen LogP contribution in [-0.2, 0) is 27.2 Å². The molecule has 0 radical (unpaired) electrons. The van der Waals surface area contributed by atoms with E-state index in [0.717, 1.165) is 35.6 Å². The number of carboxylic acid groups (broad SMARTS) is 2. The van der Waals surface area contributed by atoms with Crippen LogP contribution in [0, 0.1) is 5.92 Å². The molecule has 8 heteroatoms. The average Bonchev–Trinajstić information content (AvgIpc) is 3.26. The van der Waals surface area contributed by atoms with Gasteiger partial charge in [-0.25, -0.2) is 0 Å². The largest absolute Gasteiger partial charge is 0.480 e. The Balaban J connectivity index is 1.31. The number of hydrogen-bond donors (Lipinski definition) is 3. The van der Waals surface area contributed by atoms with Gasteiger partial charge < -0.3 is 15.1 Å². The summed E-state index contributed by atoms with van der Waals surface area (Å²) < 4.78 is 0. The van der Waals surface area contributed by atoms with E-state index in [1.807, 2.05) is 54.6 Å². The summed E-state index contributed by atoms with van der Waals surface area (Å²) in [6, 6.07) is 20.7. The highest BCUT2D eigenvalue weighted by atomic mass is 32.2. The van der Waals surface area contributed by atoms with Gasteiger partial charge in [0.2, 0.25) is 5.91 Å². The molecule has 2 aliphatic rings. The molecule has 1 heterocycles. The highest BCUT2D eigenvalue weighted by molar-refractivity contribution is 7.99. The number of nitrogens with zero attached hydrogens (tertiary/aromatic N) is 1. The Morgan fingerprint density at radius 3 is 2.37 bits per heavy atom. The fraction of sp³-hybridized carbons (Fsp3) is 0.367. The first-order valence-corrected chi connectivity index (χ1v) is 14.1. The summed E-state index contributed by atoms with van der Waals surface area (Å²) in [5.41, 5.74) is 3.71. The van der Waals surface area contributed by atoms with Crippen LogP contribution in [0.25, 0.3) is 10.8 Å². The fourth-order valence-corrected chi connectivity index (χ4v) is 7.10. The first-order chi connectivity index (χ1) is 18.4. The monoisotopic (exact) mass is 532 g/mol. The molecule has 198 valence electrons. The van der Waals surface area contributed by atoms with Gasteiger partial charge in [-0.2, -0.15) is 0 Å². The molecular formula is C30H32N2O5S. The van der Waals surface area contributed by atoms with Crippen molar-refractivity contribution in [3.63, 3.8) is 0 Å². The maximum Gasteiger partial charge on any atom is 0.323 e. The Hall–Kier alpha value is -3.36. The Kier molecular flexibility index (Phi) is 8.00. The Bertz CT molecular complexity index is 1310. The molecule has 0 spiro atoms. The number of carboxylic acids is 2. The van der Waals surface area contributed by atoms with E-state index in [2.05, 4.69) is 17.4 Å². The number of carbonyl (C=O) groups excluding carboxylic acids is 1. The normalized spacial score (nSPS) is 20.7. The predicted octanol–water partition coefficient (Wildman–Crippen LogP) is 4.15. The third-order valence-electron chi connectivity index (χ3n) is 7.66. The Morgan fingerprint density at radius 2 is 1.66 bits per heavy atom. The molecule has 0 aromatic heterocycles. The molecule has 38 heavy (non-hydrogen) atoms. The molecule has 7 nitrogen and oxygen atoms in total. The van der Waals surface area contributed by atoms with Gasteiger partial charge in [-0.15, -0.1) is 11.8 Å². The van der Waals surface area contributed by atoms with Crippen molar-refractivity contribution in [2.45, 2.75) is 43.0 Å². The first kappa shape index (κ1) is 26.3. The summed E-state index contributed by atoms with van der Waals surface area (Å²) in [4.78, 5) is 38.7. The summed E-state index contributed by atoms with van der Waals surface area (Å²) in [6.45, 7) is -0.170. The molecule has 0 saturated carbocycles. The minimum absolute atomic E-state index is 0.128. The van der Waals surface area contributed by atoms with Crippen molar-refractivity contribution in [2.24, 2.45) is 5.92 Å². The van der Waals surface area contributed by atoms with Crippen LogP contribution in [-0.4, -0.2) is 63.9 Å². The molecule has 3 unspecified atom stereocenters. The second-order valence-corrected chi connectivity index (χ2v) is 11.5. The molecule has 3 aromatic rings. The predicted molar refractivity (Wildman–Crippen MR) is 148 cm³/mol. The average molecular weight is 533 g/mol. The van der Waals surface area contributed by atoms with Gasteiger partial charge in [-0.05, 0) is 59.1 Å². The quantitative estimate of drug-likeness (QED) is 0.380. The molecule has 1 amide bonds. The zero-order valence-corrected chi connectivity index (χ0v) is 21.9. The van der Waals surface area contributed by atoms with Crippen molar-refractivity contribution in [2.75, 3.05) is 18.8 Å². The number of hydrogen-bond acceptors (Lipinski definition) is 5. The van der Waals surface area contributed by atoms with Crippen LogP contribution in [0.4, 0.5) is 0 Å². The second-order valence-electron chi connectivity index (χ2n) is 10.2. The van der Waals surface area contributed by atoms with Gasteiger partial charge in [0.1, 0.15) is 12.6 Å².